The number of benzene rings is 2. The number of nitrogens with one attached hydrogen (secondary N) is 2. The van der Waals surface area contributed by atoms with E-state index in [1.165, 1.54) is 0 Å². The molecule has 0 atom stereocenters. The Morgan fingerprint density at radius 1 is 1.04 bits per heavy atom. The Hall–Kier alpha value is -2.95. The normalized spacial score (nSPS) is 10.7. The SMILES string of the molecule is COc1ccc(CCNC(=O)c2[nH]c3ccc(OC)cc3c2C)cc1. The maximum Gasteiger partial charge on any atom is 0.268 e. The van der Waals surface area contributed by atoms with Crippen LogP contribution in [0.2, 0.25) is 0 Å². The van der Waals surface area contributed by atoms with Gasteiger partial charge in [0.1, 0.15) is 17.2 Å². The molecule has 0 spiro atoms. The van der Waals surface area contributed by atoms with Crippen molar-refractivity contribution >= 4 is 16.8 Å². The van der Waals surface area contributed by atoms with Gasteiger partial charge < -0.3 is 19.8 Å². The first-order valence-corrected chi connectivity index (χ1v) is 8.20. The van der Waals surface area contributed by atoms with Gasteiger partial charge in [-0.25, -0.2) is 0 Å². The highest BCUT2D eigenvalue weighted by atomic mass is 16.5. The predicted octanol–water partition coefficient (Wildman–Crippen LogP) is 3.47. The number of aryl methyl sites for hydroxylation is 1. The number of hydrogen-bond acceptors (Lipinski definition) is 3. The first kappa shape index (κ1) is 16.9. The molecule has 2 aromatic carbocycles. The van der Waals surface area contributed by atoms with Crippen LogP contribution in [0.15, 0.2) is 42.5 Å². The van der Waals surface area contributed by atoms with Crippen molar-refractivity contribution in [3.05, 3.63) is 59.3 Å². The number of H-pyrrole nitrogens is 1. The lowest BCUT2D eigenvalue weighted by atomic mass is 10.1. The van der Waals surface area contributed by atoms with Gasteiger partial charge in [0.15, 0.2) is 0 Å². The van der Waals surface area contributed by atoms with Crippen LogP contribution in [0.25, 0.3) is 10.9 Å². The third-order valence-corrected chi connectivity index (χ3v) is 4.35. The van der Waals surface area contributed by atoms with Gasteiger partial charge in [-0.05, 0) is 54.8 Å². The van der Waals surface area contributed by atoms with Gasteiger partial charge >= 0.3 is 0 Å². The van der Waals surface area contributed by atoms with Gasteiger partial charge in [-0.3, -0.25) is 4.79 Å². The average molecular weight is 338 g/mol. The fourth-order valence-electron chi connectivity index (χ4n) is 2.86. The zero-order chi connectivity index (χ0) is 17.8. The van der Waals surface area contributed by atoms with Gasteiger partial charge in [-0.1, -0.05) is 12.1 Å². The molecule has 1 amide bonds. The lowest BCUT2D eigenvalue weighted by Gasteiger charge is -2.06. The zero-order valence-electron chi connectivity index (χ0n) is 14.7. The van der Waals surface area contributed by atoms with E-state index >= 15 is 0 Å². The molecule has 0 bridgehead atoms. The minimum Gasteiger partial charge on any atom is -0.497 e. The Morgan fingerprint density at radius 2 is 1.72 bits per heavy atom. The summed E-state index contributed by atoms with van der Waals surface area (Å²) in [6, 6.07) is 13.6. The van der Waals surface area contributed by atoms with E-state index in [-0.39, 0.29) is 5.91 Å². The second-order valence-corrected chi connectivity index (χ2v) is 5.89. The third kappa shape index (κ3) is 3.60. The summed E-state index contributed by atoms with van der Waals surface area (Å²) in [6.45, 7) is 2.51. The molecule has 0 fully saturated rings. The molecule has 25 heavy (non-hydrogen) atoms. The van der Waals surface area contributed by atoms with Crippen molar-refractivity contribution in [1.82, 2.24) is 10.3 Å². The molecule has 3 rings (SSSR count). The summed E-state index contributed by atoms with van der Waals surface area (Å²) in [4.78, 5) is 15.7. The second-order valence-electron chi connectivity index (χ2n) is 5.89. The summed E-state index contributed by atoms with van der Waals surface area (Å²) >= 11 is 0. The Labute approximate surface area is 147 Å². The summed E-state index contributed by atoms with van der Waals surface area (Å²) in [5, 5.41) is 3.97. The smallest absolute Gasteiger partial charge is 0.268 e. The number of aromatic amines is 1. The number of aromatic nitrogens is 1. The van der Waals surface area contributed by atoms with E-state index in [0.29, 0.717) is 12.2 Å². The Balaban J connectivity index is 1.66. The number of hydrogen-bond donors (Lipinski definition) is 2. The van der Waals surface area contributed by atoms with Crippen LogP contribution in [-0.2, 0) is 6.42 Å². The number of ether oxygens (including phenoxy) is 2. The van der Waals surface area contributed by atoms with Gasteiger partial charge in [0.2, 0.25) is 0 Å². The molecule has 3 aromatic rings. The van der Waals surface area contributed by atoms with Crippen molar-refractivity contribution in [2.75, 3.05) is 20.8 Å². The summed E-state index contributed by atoms with van der Waals surface area (Å²) < 4.78 is 10.4. The second kappa shape index (κ2) is 7.30. The number of amides is 1. The monoisotopic (exact) mass is 338 g/mol. The fourth-order valence-corrected chi connectivity index (χ4v) is 2.86. The molecule has 0 saturated heterocycles. The van der Waals surface area contributed by atoms with Crippen LogP contribution in [0, 0.1) is 6.92 Å². The van der Waals surface area contributed by atoms with E-state index in [1.54, 1.807) is 14.2 Å². The van der Waals surface area contributed by atoms with E-state index in [9.17, 15) is 4.79 Å². The molecule has 0 aliphatic rings. The number of fused-ring (bicyclic) bond motifs is 1. The van der Waals surface area contributed by atoms with E-state index < -0.39 is 0 Å². The number of methoxy groups -OCH3 is 2. The third-order valence-electron chi connectivity index (χ3n) is 4.35. The molecule has 2 N–H and O–H groups in total. The van der Waals surface area contributed by atoms with Crippen molar-refractivity contribution in [3.63, 3.8) is 0 Å². The molecule has 0 aliphatic carbocycles. The summed E-state index contributed by atoms with van der Waals surface area (Å²) in [6.07, 6.45) is 0.767. The fraction of sp³-hybridized carbons (Fsp3) is 0.250. The van der Waals surface area contributed by atoms with Gasteiger partial charge in [0.25, 0.3) is 5.91 Å². The molecule has 0 saturated carbocycles. The lowest BCUT2D eigenvalue weighted by Crippen LogP contribution is -2.26. The van der Waals surface area contributed by atoms with Crippen LogP contribution in [0.1, 0.15) is 21.6 Å². The highest BCUT2D eigenvalue weighted by Gasteiger charge is 2.14. The molecule has 130 valence electrons. The molecule has 0 aliphatic heterocycles. The van der Waals surface area contributed by atoms with Gasteiger partial charge in [0, 0.05) is 17.4 Å². The lowest BCUT2D eigenvalue weighted by molar-refractivity contribution is 0.0949. The Bertz CT molecular complexity index is 882. The number of carbonyl (C=O) groups is 1. The minimum absolute atomic E-state index is 0.0961. The minimum atomic E-state index is -0.0961. The van der Waals surface area contributed by atoms with Gasteiger partial charge in [0.05, 0.1) is 14.2 Å². The molecule has 5 heteroatoms. The van der Waals surface area contributed by atoms with E-state index in [1.807, 2.05) is 49.4 Å². The van der Waals surface area contributed by atoms with Crippen LogP contribution < -0.4 is 14.8 Å². The molecule has 5 nitrogen and oxygen atoms in total. The molecule has 1 aromatic heterocycles. The Morgan fingerprint density at radius 3 is 2.40 bits per heavy atom. The predicted molar refractivity (Wildman–Crippen MR) is 98.6 cm³/mol. The standard InChI is InChI=1S/C20H22N2O3/c1-13-17-12-16(25-3)8-9-18(17)22-19(13)20(23)21-11-10-14-4-6-15(24-2)7-5-14/h4-9,12,22H,10-11H2,1-3H3,(H,21,23). The van der Waals surface area contributed by atoms with E-state index in [4.69, 9.17) is 9.47 Å². The van der Waals surface area contributed by atoms with Crippen molar-refractivity contribution < 1.29 is 14.3 Å². The van der Waals surface area contributed by atoms with Crippen LogP contribution >= 0.6 is 0 Å². The summed E-state index contributed by atoms with van der Waals surface area (Å²) in [5.74, 6) is 1.51. The van der Waals surface area contributed by atoms with E-state index in [2.05, 4.69) is 10.3 Å². The van der Waals surface area contributed by atoms with Crippen LogP contribution in [-0.4, -0.2) is 31.7 Å². The maximum absolute atomic E-state index is 12.5. The van der Waals surface area contributed by atoms with E-state index in [0.717, 1.165) is 39.9 Å². The maximum atomic E-state index is 12.5. The van der Waals surface area contributed by atoms with Crippen molar-refractivity contribution in [2.24, 2.45) is 0 Å². The van der Waals surface area contributed by atoms with Crippen LogP contribution in [0.4, 0.5) is 0 Å². The zero-order valence-corrected chi connectivity index (χ0v) is 14.7. The van der Waals surface area contributed by atoms with Crippen molar-refractivity contribution in [2.45, 2.75) is 13.3 Å². The quantitative estimate of drug-likeness (QED) is 0.723. The van der Waals surface area contributed by atoms with Crippen molar-refractivity contribution in [3.8, 4) is 11.5 Å². The largest absolute Gasteiger partial charge is 0.497 e. The highest BCUT2D eigenvalue weighted by Crippen LogP contribution is 2.25. The summed E-state index contributed by atoms with van der Waals surface area (Å²) in [7, 11) is 3.28. The first-order chi connectivity index (χ1) is 12.1. The molecular weight excluding hydrogens is 316 g/mol. The number of rotatable bonds is 6. The Kier molecular flexibility index (Phi) is 4.93. The van der Waals surface area contributed by atoms with Gasteiger partial charge in [-0.15, -0.1) is 0 Å². The van der Waals surface area contributed by atoms with Gasteiger partial charge in [-0.2, -0.15) is 0 Å². The summed E-state index contributed by atoms with van der Waals surface area (Å²) in [5.41, 5.74) is 3.60. The van der Waals surface area contributed by atoms with Crippen LogP contribution in [0.3, 0.4) is 0 Å². The number of carbonyl (C=O) groups excluding carboxylic acids is 1. The topological polar surface area (TPSA) is 63.3 Å². The van der Waals surface area contributed by atoms with Crippen molar-refractivity contribution in [1.29, 1.82) is 0 Å². The molecule has 0 unspecified atom stereocenters. The molecule has 0 radical (unpaired) electrons. The van der Waals surface area contributed by atoms with Crippen LogP contribution in [0.5, 0.6) is 11.5 Å². The highest BCUT2D eigenvalue weighted by molar-refractivity contribution is 6.01. The first-order valence-electron chi connectivity index (χ1n) is 8.20. The molecular formula is C20H22N2O3. The molecule has 1 heterocycles. The average Bonchev–Trinajstić information content (AvgIpc) is 2.98.